The Labute approximate surface area is 102 Å². The van der Waals surface area contributed by atoms with Gasteiger partial charge < -0.3 is 4.74 Å². The van der Waals surface area contributed by atoms with Crippen molar-refractivity contribution < 1.29 is 9.53 Å². The van der Waals surface area contributed by atoms with Crippen molar-refractivity contribution in [3.8, 4) is 0 Å². The number of hydrogen-bond donors (Lipinski definition) is 0. The number of nitrogens with zero attached hydrogens (tertiary/aromatic N) is 2. The number of carbonyl (C=O) groups excluding carboxylic acids is 1. The van der Waals surface area contributed by atoms with Crippen molar-refractivity contribution in [2.24, 2.45) is 5.92 Å². The van der Waals surface area contributed by atoms with Gasteiger partial charge in [0.15, 0.2) is 0 Å². The molecule has 1 heterocycles. The molecule has 0 unspecified atom stereocenters. The Morgan fingerprint density at radius 2 is 2.29 bits per heavy atom. The highest BCUT2D eigenvalue weighted by molar-refractivity contribution is 5.73. The molecule has 0 aliphatic heterocycles. The molecule has 0 bridgehead atoms. The molecule has 1 atom stereocenters. The average Bonchev–Trinajstić information content (AvgIpc) is 2.96. The van der Waals surface area contributed by atoms with Crippen molar-refractivity contribution in [2.45, 2.75) is 45.1 Å². The zero-order chi connectivity index (χ0) is 12.3. The predicted molar refractivity (Wildman–Crippen MR) is 64.6 cm³/mol. The second-order valence-electron chi connectivity index (χ2n) is 4.86. The number of hydrogen-bond acceptors (Lipinski definition) is 3. The van der Waals surface area contributed by atoms with E-state index in [0.717, 1.165) is 12.1 Å². The first-order chi connectivity index (χ1) is 8.20. The van der Waals surface area contributed by atoms with Crippen LogP contribution in [0.4, 0.5) is 0 Å². The summed E-state index contributed by atoms with van der Waals surface area (Å²) >= 11 is 0. The Morgan fingerprint density at radius 3 is 2.82 bits per heavy atom. The van der Waals surface area contributed by atoms with E-state index in [1.807, 2.05) is 19.2 Å². The summed E-state index contributed by atoms with van der Waals surface area (Å²) in [6, 6.07) is 1.67. The van der Waals surface area contributed by atoms with Crippen LogP contribution in [0.5, 0.6) is 0 Å². The van der Waals surface area contributed by atoms with Gasteiger partial charge >= 0.3 is 5.97 Å². The first-order valence-electron chi connectivity index (χ1n) is 6.30. The second kappa shape index (κ2) is 5.34. The first kappa shape index (κ1) is 12.1. The smallest absolute Gasteiger partial charge is 0.330 e. The van der Waals surface area contributed by atoms with E-state index in [-0.39, 0.29) is 12.0 Å². The van der Waals surface area contributed by atoms with Crippen molar-refractivity contribution >= 4 is 5.97 Å². The molecule has 2 rings (SSSR count). The molecule has 4 heteroatoms. The number of rotatable bonds is 4. The molecule has 1 fully saturated rings. The Balaban J connectivity index is 2.10. The van der Waals surface area contributed by atoms with Crippen molar-refractivity contribution in [1.29, 1.82) is 0 Å². The summed E-state index contributed by atoms with van der Waals surface area (Å²) < 4.78 is 6.64. The van der Waals surface area contributed by atoms with Gasteiger partial charge in [-0.25, -0.2) is 4.79 Å². The lowest BCUT2D eigenvalue weighted by molar-refractivity contribution is -0.145. The van der Waals surface area contributed by atoms with E-state index >= 15 is 0 Å². The molecule has 1 aromatic rings. The van der Waals surface area contributed by atoms with Crippen LogP contribution in [0, 0.1) is 12.8 Å². The van der Waals surface area contributed by atoms with Crippen molar-refractivity contribution in [2.75, 3.05) is 7.11 Å². The van der Waals surface area contributed by atoms with Crippen LogP contribution in [-0.4, -0.2) is 22.9 Å². The van der Waals surface area contributed by atoms with Crippen LogP contribution in [0.15, 0.2) is 12.3 Å². The lowest BCUT2D eigenvalue weighted by atomic mass is 9.98. The Bertz CT molecular complexity index is 381. The lowest BCUT2D eigenvalue weighted by Crippen LogP contribution is -2.23. The van der Waals surface area contributed by atoms with Gasteiger partial charge in [-0.2, -0.15) is 5.10 Å². The predicted octanol–water partition coefficient (Wildman–Crippen LogP) is 2.49. The van der Waals surface area contributed by atoms with Crippen molar-refractivity contribution in [3.05, 3.63) is 18.0 Å². The molecule has 0 aromatic carbocycles. The molecule has 1 aromatic heterocycles. The molecule has 17 heavy (non-hydrogen) atoms. The van der Waals surface area contributed by atoms with E-state index in [1.165, 1.54) is 32.8 Å². The van der Waals surface area contributed by atoms with Gasteiger partial charge in [0, 0.05) is 6.20 Å². The summed E-state index contributed by atoms with van der Waals surface area (Å²) in [6.07, 6.45) is 7.76. The van der Waals surface area contributed by atoms with Crippen LogP contribution in [0.25, 0.3) is 0 Å². The van der Waals surface area contributed by atoms with Crippen LogP contribution in [-0.2, 0) is 9.53 Å². The Morgan fingerprint density at radius 1 is 1.59 bits per heavy atom. The second-order valence-corrected chi connectivity index (χ2v) is 4.86. The number of ether oxygens (including phenoxy) is 1. The highest BCUT2D eigenvalue weighted by atomic mass is 16.5. The molecule has 1 saturated carbocycles. The van der Waals surface area contributed by atoms with E-state index in [0.29, 0.717) is 5.92 Å². The van der Waals surface area contributed by atoms with Crippen LogP contribution in [0.3, 0.4) is 0 Å². The van der Waals surface area contributed by atoms with Gasteiger partial charge in [-0.3, -0.25) is 4.68 Å². The van der Waals surface area contributed by atoms with Crippen LogP contribution >= 0.6 is 0 Å². The average molecular weight is 236 g/mol. The van der Waals surface area contributed by atoms with Gasteiger partial charge in [-0.15, -0.1) is 0 Å². The van der Waals surface area contributed by atoms with Crippen LogP contribution in [0.2, 0.25) is 0 Å². The third-order valence-electron chi connectivity index (χ3n) is 3.57. The Hall–Kier alpha value is -1.32. The molecular formula is C13H20N2O2. The van der Waals surface area contributed by atoms with E-state index in [4.69, 9.17) is 4.74 Å². The minimum atomic E-state index is -0.253. The fourth-order valence-electron chi connectivity index (χ4n) is 2.62. The Kier molecular flexibility index (Phi) is 3.82. The number of aromatic nitrogens is 2. The monoisotopic (exact) mass is 236 g/mol. The molecule has 94 valence electrons. The summed E-state index contributed by atoms with van der Waals surface area (Å²) in [5.74, 6) is 0.462. The number of aryl methyl sites for hydroxylation is 1. The minimum absolute atomic E-state index is 0.181. The van der Waals surface area contributed by atoms with Crippen molar-refractivity contribution in [1.82, 2.24) is 9.78 Å². The SMILES string of the molecule is COC(=O)[C@H](CC1CCCC1)n1ccc(C)n1. The van der Waals surface area contributed by atoms with Gasteiger partial charge in [0.1, 0.15) is 6.04 Å². The summed E-state index contributed by atoms with van der Waals surface area (Å²) in [5, 5.41) is 4.34. The van der Waals surface area contributed by atoms with Crippen LogP contribution in [0.1, 0.15) is 43.8 Å². The topological polar surface area (TPSA) is 44.1 Å². The minimum Gasteiger partial charge on any atom is -0.467 e. The fraction of sp³-hybridized carbons (Fsp3) is 0.692. The summed E-state index contributed by atoms with van der Waals surface area (Å²) in [6.45, 7) is 1.93. The fourth-order valence-corrected chi connectivity index (χ4v) is 2.62. The molecule has 0 amide bonds. The van der Waals surface area contributed by atoms with E-state index in [9.17, 15) is 4.79 Å². The third-order valence-corrected chi connectivity index (χ3v) is 3.57. The first-order valence-corrected chi connectivity index (χ1v) is 6.30. The summed E-state index contributed by atoms with van der Waals surface area (Å²) in [7, 11) is 1.44. The molecule has 0 spiro atoms. The van der Waals surface area contributed by atoms with Gasteiger partial charge in [-0.05, 0) is 25.3 Å². The van der Waals surface area contributed by atoms with E-state index in [1.54, 1.807) is 4.68 Å². The van der Waals surface area contributed by atoms with E-state index in [2.05, 4.69) is 5.10 Å². The summed E-state index contributed by atoms with van der Waals surface area (Å²) in [4.78, 5) is 11.8. The van der Waals surface area contributed by atoms with Gasteiger partial charge in [0.25, 0.3) is 0 Å². The number of esters is 1. The molecular weight excluding hydrogens is 216 g/mol. The molecule has 1 aliphatic carbocycles. The maximum Gasteiger partial charge on any atom is 0.330 e. The maximum absolute atomic E-state index is 11.8. The highest BCUT2D eigenvalue weighted by Gasteiger charge is 2.27. The van der Waals surface area contributed by atoms with Gasteiger partial charge in [0.05, 0.1) is 12.8 Å². The number of carbonyl (C=O) groups is 1. The standard InChI is InChI=1S/C13H20N2O2/c1-10-7-8-15(14-10)12(13(16)17-2)9-11-5-3-4-6-11/h7-8,11-12H,3-6,9H2,1-2H3/t12-/m0/s1. The summed E-state index contributed by atoms with van der Waals surface area (Å²) in [5.41, 5.74) is 0.935. The molecule has 0 radical (unpaired) electrons. The molecule has 1 aliphatic rings. The lowest BCUT2D eigenvalue weighted by Gasteiger charge is -2.18. The highest BCUT2D eigenvalue weighted by Crippen LogP contribution is 2.32. The van der Waals surface area contributed by atoms with Gasteiger partial charge in [-0.1, -0.05) is 25.7 Å². The van der Waals surface area contributed by atoms with Gasteiger partial charge in [0.2, 0.25) is 0 Å². The van der Waals surface area contributed by atoms with E-state index < -0.39 is 0 Å². The molecule has 0 saturated heterocycles. The van der Waals surface area contributed by atoms with Crippen LogP contribution < -0.4 is 0 Å². The quantitative estimate of drug-likeness (QED) is 0.754. The normalized spacial score (nSPS) is 18.2. The zero-order valence-corrected chi connectivity index (χ0v) is 10.6. The zero-order valence-electron chi connectivity index (χ0n) is 10.6. The molecule has 4 nitrogen and oxygen atoms in total. The largest absolute Gasteiger partial charge is 0.467 e. The number of methoxy groups -OCH3 is 1. The van der Waals surface area contributed by atoms with Crippen molar-refractivity contribution in [3.63, 3.8) is 0 Å². The molecule has 0 N–H and O–H groups in total. The third kappa shape index (κ3) is 2.87. The maximum atomic E-state index is 11.8.